The molecule has 3 heterocycles. The molecule has 3 fully saturated rings. The van der Waals surface area contributed by atoms with Crippen molar-refractivity contribution < 1.29 is 4.74 Å². The topological polar surface area (TPSA) is 27.7 Å². The number of nitrogens with one attached hydrogen (secondary N) is 1. The van der Waals surface area contributed by atoms with Crippen molar-refractivity contribution in [3.05, 3.63) is 35.4 Å². The van der Waals surface area contributed by atoms with E-state index in [9.17, 15) is 0 Å². The summed E-state index contributed by atoms with van der Waals surface area (Å²) >= 11 is 0. The third-order valence-corrected chi connectivity index (χ3v) is 6.01. The normalized spacial score (nSPS) is 27.6. The van der Waals surface area contributed by atoms with E-state index >= 15 is 0 Å². The van der Waals surface area contributed by atoms with E-state index in [2.05, 4.69) is 39.4 Å². The molecule has 0 spiro atoms. The first-order valence-corrected chi connectivity index (χ1v) is 9.72. The minimum atomic E-state index is 0.739. The molecule has 0 amide bonds. The Kier molecular flexibility index (Phi) is 5.48. The molecule has 0 radical (unpaired) electrons. The molecule has 24 heavy (non-hydrogen) atoms. The summed E-state index contributed by atoms with van der Waals surface area (Å²) < 4.78 is 5.48. The Balaban J connectivity index is 1.29. The summed E-state index contributed by atoms with van der Waals surface area (Å²) in [7, 11) is 0. The van der Waals surface area contributed by atoms with Crippen LogP contribution in [0.25, 0.3) is 0 Å². The second-order valence-corrected chi connectivity index (χ2v) is 7.59. The van der Waals surface area contributed by atoms with Crippen molar-refractivity contribution in [2.75, 3.05) is 52.5 Å². The number of rotatable bonds is 4. The van der Waals surface area contributed by atoms with Crippen LogP contribution in [-0.4, -0.2) is 68.3 Å². The highest BCUT2D eigenvalue weighted by molar-refractivity contribution is 5.26. The van der Waals surface area contributed by atoms with Crippen molar-refractivity contribution in [1.29, 1.82) is 0 Å². The highest BCUT2D eigenvalue weighted by Gasteiger charge is 2.28. The van der Waals surface area contributed by atoms with Crippen LogP contribution in [0.15, 0.2) is 24.3 Å². The molecule has 4 rings (SSSR count). The molecule has 1 aromatic carbocycles. The van der Waals surface area contributed by atoms with E-state index in [0.717, 1.165) is 44.8 Å². The number of nitrogens with zero attached hydrogens (tertiary/aromatic N) is 2. The van der Waals surface area contributed by atoms with Gasteiger partial charge in [-0.15, -0.1) is 0 Å². The number of likely N-dealkylation sites (tertiary alicyclic amines) is 1. The van der Waals surface area contributed by atoms with Gasteiger partial charge in [0, 0.05) is 38.8 Å². The van der Waals surface area contributed by atoms with E-state index in [0.29, 0.717) is 0 Å². The van der Waals surface area contributed by atoms with Gasteiger partial charge in [0.25, 0.3) is 0 Å². The maximum atomic E-state index is 5.48. The second kappa shape index (κ2) is 7.96. The first-order valence-electron chi connectivity index (χ1n) is 9.72. The molecule has 3 saturated heterocycles. The van der Waals surface area contributed by atoms with Crippen molar-refractivity contribution in [2.45, 2.75) is 37.8 Å². The fourth-order valence-corrected chi connectivity index (χ4v) is 4.51. The Morgan fingerprint density at radius 3 is 2.46 bits per heavy atom. The number of ether oxygens (including phenoxy) is 1. The van der Waals surface area contributed by atoms with Gasteiger partial charge >= 0.3 is 0 Å². The smallest absolute Gasteiger partial charge is 0.0594 e. The van der Waals surface area contributed by atoms with Crippen molar-refractivity contribution in [3.8, 4) is 0 Å². The zero-order valence-corrected chi connectivity index (χ0v) is 14.8. The van der Waals surface area contributed by atoms with Gasteiger partial charge in [0.2, 0.25) is 0 Å². The minimum Gasteiger partial charge on any atom is -0.379 e. The molecular formula is C20H31N3O. The van der Waals surface area contributed by atoms with Crippen molar-refractivity contribution in [2.24, 2.45) is 0 Å². The molecule has 4 nitrogen and oxygen atoms in total. The molecule has 0 bridgehead atoms. The van der Waals surface area contributed by atoms with E-state index in [1.165, 1.54) is 56.6 Å². The van der Waals surface area contributed by atoms with Crippen LogP contribution < -0.4 is 5.32 Å². The van der Waals surface area contributed by atoms with Gasteiger partial charge in [0.1, 0.15) is 0 Å². The third kappa shape index (κ3) is 3.99. The molecule has 3 aliphatic rings. The van der Waals surface area contributed by atoms with Crippen LogP contribution >= 0.6 is 0 Å². The maximum absolute atomic E-state index is 5.48. The molecule has 3 aliphatic heterocycles. The first kappa shape index (κ1) is 16.5. The Morgan fingerprint density at radius 2 is 1.71 bits per heavy atom. The van der Waals surface area contributed by atoms with Crippen LogP contribution in [-0.2, 0) is 11.3 Å². The lowest BCUT2D eigenvalue weighted by atomic mass is 9.90. The van der Waals surface area contributed by atoms with E-state index in [1.54, 1.807) is 0 Å². The highest BCUT2D eigenvalue weighted by Crippen LogP contribution is 2.26. The Hall–Kier alpha value is -0.940. The van der Waals surface area contributed by atoms with Gasteiger partial charge in [-0.05, 0) is 49.4 Å². The van der Waals surface area contributed by atoms with Crippen LogP contribution in [0.2, 0.25) is 0 Å². The van der Waals surface area contributed by atoms with Gasteiger partial charge in [-0.2, -0.15) is 0 Å². The van der Waals surface area contributed by atoms with Crippen molar-refractivity contribution in [1.82, 2.24) is 15.1 Å². The summed E-state index contributed by atoms with van der Waals surface area (Å²) in [6.45, 7) is 9.95. The molecule has 0 aliphatic carbocycles. The summed E-state index contributed by atoms with van der Waals surface area (Å²) in [4.78, 5) is 5.25. The largest absolute Gasteiger partial charge is 0.379 e. The quantitative estimate of drug-likeness (QED) is 0.915. The highest BCUT2D eigenvalue weighted by atomic mass is 16.5. The molecule has 1 unspecified atom stereocenters. The Morgan fingerprint density at radius 1 is 0.958 bits per heavy atom. The van der Waals surface area contributed by atoms with Gasteiger partial charge in [0.05, 0.1) is 13.2 Å². The lowest BCUT2D eigenvalue weighted by Gasteiger charge is -2.32. The lowest BCUT2D eigenvalue weighted by molar-refractivity contribution is 0.0184. The molecule has 4 heteroatoms. The summed E-state index contributed by atoms with van der Waals surface area (Å²) in [6, 6.07) is 10.2. The van der Waals surface area contributed by atoms with Crippen LogP contribution in [0.4, 0.5) is 0 Å². The van der Waals surface area contributed by atoms with Crippen molar-refractivity contribution in [3.63, 3.8) is 0 Å². The molecule has 1 N–H and O–H groups in total. The number of piperidine rings is 1. The molecular weight excluding hydrogens is 298 g/mol. The van der Waals surface area contributed by atoms with Crippen LogP contribution in [0.5, 0.6) is 0 Å². The maximum Gasteiger partial charge on any atom is 0.0594 e. The summed E-state index contributed by atoms with van der Waals surface area (Å²) in [5.41, 5.74) is 3.00. The van der Waals surface area contributed by atoms with Crippen molar-refractivity contribution >= 4 is 0 Å². The summed E-state index contributed by atoms with van der Waals surface area (Å²) in [5.74, 6) is 0.762. The molecule has 0 aromatic heterocycles. The van der Waals surface area contributed by atoms with E-state index in [4.69, 9.17) is 4.74 Å². The average molecular weight is 329 g/mol. The number of morpholine rings is 1. The SMILES string of the molecule is c1cc(C2CCNCC2)ccc1CN1CCC(N2CCOCC2)C1. The number of hydrogen-bond acceptors (Lipinski definition) is 4. The third-order valence-electron chi connectivity index (χ3n) is 6.01. The molecule has 132 valence electrons. The lowest BCUT2D eigenvalue weighted by Crippen LogP contribution is -2.44. The fourth-order valence-electron chi connectivity index (χ4n) is 4.51. The second-order valence-electron chi connectivity index (χ2n) is 7.59. The molecule has 1 aromatic rings. The average Bonchev–Trinajstić information content (AvgIpc) is 3.12. The van der Waals surface area contributed by atoms with Gasteiger partial charge < -0.3 is 10.1 Å². The zero-order valence-electron chi connectivity index (χ0n) is 14.8. The minimum absolute atomic E-state index is 0.739. The molecule has 1 atom stereocenters. The molecule has 0 saturated carbocycles. The Labute approximate surface area is 146 Å². The van der Waals surface area contributed by atoms with Gasteiger partial charge in [-0.3, -0.25) is 9.80 Å². The van der Waals surface area contributed by atoms with E-state index in [-0.39, 0.29) is 0 Å². The summed E-state index contributed by atoms with van der Waals surface area (Å²) in [6.07, 6.45) is 3.88. The number of hydrogen-bond donors (Lipinski definition) is 1. The van der Waals surface area contributed by atoms with Crippen LogP contribution in [0.1, 0.15) is 36.3 Å². The summed E-state index contributed by atoms with van der Waals surface area (Å²) in [5, 5.41) is 3.46. The van der Waals surface area contributed by atoms with Gasteiger partial charge in [0.15, 0.2) is 0 Å². The Bertz CT molecular complexity index is 506. The van der Waals surface area contributed by atoms with Crippen LogP contribution in [0, 0.1) is 0 Å². The van der Waals surface area contributed by atoms with Gasteiger partial charge in [-0.25, -0.2) is 0 Å². The monoisotopic (exact) mass is 329 g/mol. The number of benzene rings is 1. The van der Waals surface area contributed by atoms with E-state index < -0.39 is 0 Å². The first-order chi connectivity index (χ1) is 11.9. The predicted octanol–water partition coefficient (Wildman–Crippen LogP) is 2.06. The van der Waals surface area contributed by atoms with Crippen LogP contribution in [0.3, 0.4) is 0 Å². The zero-order chi connectivity index (χ0) is 16.2. The fraction of sp³-hybridized carbons (Fsp3) is 0.700. The van der Waals surface area contributed by atoms with Gasteiger partial charge in [-0.1, -0.05) is 24.3 Å². The van der Waals surface area contributed by atoms with E-state index in [1.807, 2.05) is 0 Å². The standard InChI is InChI=1S/C20H31N3O/c1-3-18(19-5-8-21-9-6-19)4-2-17(1)15-22-10-7-20(16-22)23-11-13-24-14-12-23/h1-4,19-21H,5-16H2. The predicted molar refractivity (Wildman–Crippen MR) is 97.4 cm³/mol.